The molecule has 286 valence electrons. The molecule has 3 atom stereocenters. The summed E-state index contributed by atoms with van der Waals surface area (Å²) < 4.78 is 0. The lowest BCUT2D eigenvalue weighted by molar-refractivity contribution is -0.142. The number of aromatic nitrogens is 2. The Balaban J connectivity index is 1.45. The second-order valence-corrected chi connectivity index (χ2v) is 15.3. The van der Waals surface area contributed by atoms with E-state index >= 15 is 0 Å². The van der Waals surface area contributed by atoms with E-state index in [1.165, 1.54) is 33.1 Å². The van der Waals surface area contributed by atoms with E-state index in [-0.39, 0.29) is 61.9 Å². The van der Waals surface area contributed by atoms with Gasteiger partial charge in [-0.3, -0.25) is 28.8 Å². The summed E-state index contributed by atoms with van der Waals surface area (Å²) in [6.45, 7) is 6.67. The zero-order chi connectivity index (χ0) is 38.2. The molecule has 2 aliphatic rings. The van der Waals surface area contributed by atoms with E-state index in [2.05, 4.69) is 31.2 Å². The van der Waals surface area contributed by atoms with Gasteiger partial charge in [0, 0.05) is 62.0 Å². The van der Waals surface area contributed by atoms with Gasteiger partial charge >= 0.3 is 0 Å². The second-order valence-electron chi connectivity index (χ2n) is 14.4. The normalized spacial score (nSPS) is 22.4. The van der Waals surface area contributed by atoms with Crippen LogP contribution >= 0.6 is 11.3 Å². The number of rotatable bonds is 5. The largest absolute Gasteiger partial charge is 0.361 e. The van der Waals surface area contributed by atoms with Crippen molar-refractivity contribution in [3.63, 3.8) is 0 Å². The quantitative estimate of drug-likeness (QED) is 0.259. The molecule has 0 spiro atoms. The van der Waals surface area contributed by atoms with Crippen molar-refractivity contribution in [2.75, 3.05) is 53.4 Å². The number of aromatic amines is 1. The minimum Gasteiger partial charge on any atom is -0.361 e. The lowest BCUT2D eigenvalue weighted by atomic mass is 9.96. The molecule has 0 saturated carbocycles. The number of carbonyl (C=O) groups is 6. The number of hydrogen-bond donors (Lipinski definition) is 5. The minimum atomic E-state index is -1.06. The number of amides is 6. The van der Waals surface area contributed by atoms with Gasteiger partial charge in [0.05, 0.1) is 19.1 Å². The Morgan fingerprint density at radius 1 is 0.906 bits per heavy atom. The summed E-state index contributed by atoms with van der Waals surface area (Å²) in [5.74, 6) is -2.64. The van der Waals surface area contributed by atoms with E-state index in [4.69, 9.17) is 0 Å². The van der Waals surface area contributed by atoms with E-state index in [0.29, 0.717) is 37.4 Å². The molecule has 2 bridgehead atoms. The summed E-state index contributed by atoms with van der Waals surface area (Å²) in [4.78, 5) is 93.5. The number of benzene rings is 1. The van der Waals surface area contributed by atoms with Crippen LogP contribution in [-0.4, -0.2) is 126 Å². The third-order valence-electron chi connectivity index (χ3n) is 9.72. The lowest BCUT2D eigenvalue weighted by Crippen LogP contribution is -2.53. The monoisotopic (exact) mass is 749 g/mol. The van der Waals surface area contributed by atoms with Crippen molar-refractivity contribution in [1.82, 2.24) is 45.9 Å². The van der Waals surface area contributed by atoms with Crippen LogP contribution < -0.4 is 21.3 Å². The highest BCUT2D eigenvalue weighted by atomic mass is 32.1. The Bertz CT molecular complexity index is 1800. The molecule has 5 N–H and O–H groups in total. The van der Waals surface area contributed by atoms with Gasteiger partial charge in [0.25, 0.3) is 5.91 Å². The van der Waals surface area contributed by atoms with Crippen LogP contribution in [0, 0.1) is 11.8 Å². The molecule has 2 aromatic heterocycles. The van der Waals surface area contributed by atoms with Crippen LogP contribution in [0.3, 0.4) is 0 Å². The Kier molecular flexibility index (Phi) is 13.2. The van der Waals surface area contributed by atoms with Gasteiger partial charge in [-0.25, -0.2) is 4.98 Å². The average Bonchev–Trinajstić information content (AvgIpc) is 3.79. The van der Waals surface area contributed by atoms with Crippen molar-refractivity contribution < 1.29 is 28.8 Å². The van der Waals surface area contributed by atoms with Gasteiger partial charge in [-0.15, -0.1) is 11.3 Å². The first-order chi connectivity index (χ1) is 25.3. The second kappa shape index (κ2) is 17.8. The lowest BCUT2D eigenvalue weighted by Gasteiger charge is -2.31. The maximum atomic E-state index is 13.9. The molecule has 15 nitrogen and oxygen atoms in total. The summed E-state index contributed by atoms with van der Waals surface area (Å²) in [5, 5.41) is 14.9. The molecule has 3 aromatic rings. The Hall–Kier alpha value is -4.83. The summed E-state index contributed by atoms with van der Waals surface area (Å²) in [6, 6.07) is 5.10. The molecule has 0 unspecified atom stereocenters. The molecule has 2 aliphatic heterocycles. The fourth-order valence-electron chi connectivity index (χ4n) is 6.82. The number of thiazole rings is 1. The Morgan fingerprint density at radius 2 is 1.62 bits per heavy atom. The molecular formula is C37H51N9O6S. The van der Waals surface area contributed by atoms with Gasteiger partial charge in [-0.2, -0.15) is 0 Å². The van der Waals surface area contributed by atoms with Crippen LogP contribution in [0.1, 0.15) is 67.1 Å². The first kappa shape index (κ1) is 39.4. The predicted octanol–water partition coefficient (Wildman–Crippen LogP) is 1.43. The summed E-state index contributed by atoms with van der Waals surface area (Å²) >= 11 is 1.23. The van der Waals surface area contributed by atoms with Crippen LogP contribution in [0.4, 0.5) is 0 Å². The van der Waals surface area contributed by atoms with Crippen molar-refractivity contribution in [2.24, 2.45) is 11.8 Å². The summed E-state index contributed by atoms with van der Waals surface area (Å²) in [6.07, 6.45) is 3.76. The third kappa shape index (κ3) is 10.2. The summed E-state index contributed by atoms with van der Waals surface area (Å²) in [5.41, 5.74) is 1.77. The van der Waals surface area contributed by atoms with Gasteiger partial charge in [-0.05, 0) is 56.8 Å². The van der Waals surface area contributed by atoms with Gasteiger partial charge in [0.1, 0.15) is 22.8 Å². The zero-order valence-corrected chi connectivity index (χ0v) is 31.9. The van der Waals surface area contributed by atoms with Gasteiger partial charge in [0.15, 0.2) is 0 Å². The molecule has 4 heterocycles. The molecule has 16 heteroatoms. The SMILES string of the molecule is CC(C)C[C@@H]1NC(=O)CN(C(=O)C2CCNCC2)CCN(C)C(=O)[C@H](C)NC(=O)CN(C)C(=O)[C@@H](Cc2c[nH]c3ccccc23)NC(=O)c2csc1n2. The Labute approximate surface area is 313 Å². The number of hydrogen-bond acceptors (Lipinski definition) is 9. The molecule has 5 rings (SSSR count). The number of likely N-dealkylation sites (N-methyl/N-ethyl adjacent to an activating group) is 2. The van der Waals surface area contributed by atoms with Crippen molar-refractivity contribution in [1.29, 1.82) is 0 Å². The highest BCUT2D eigenvalue weighted by Crippen LogP contribution is 2.26. The maximum absolute atomic E-state index is 13.9. The van der Waals surface area contributed by atoms with Gasteiger partial charge in [-0.1, -0.05) is 32.0 Å². The Morgan fingerprint density at radius 3 is 2.36 bits per heavy atom. The van der Waals surface area contributed by atoms with E-state index in [1.54, 1.807) is 25.5 Å². The number of para-hydroxylation sites is 1. The zero-order valence-electron chi connectivity index (χ0n) is 31.1. The van der Waals surface area contributed by atoms with Crippen LogP contribution in [-0.2, 0) is 30.4 Å². The topological polar surface area (TPSA) is 189 Å². The van der Waals surface area contributed by atoms with Crippen molar-refractivity contribution in [2.45, 2.75) is 64.6 Å². The number of H-pyrrole nitrogens is 1. The molecule has 0 aliphatic carbocycles. The molecule has 6 amide bonds. The minimum absolute atomic E-state index is 0.0918. The van der Waals surface area contributed by atoms with Gasteiger partial charge in [0.2, 0.25) is 29.5 Å². The van der Waals surface area contributed by atoms with E-state index < -0.39 is 41.8 Å². The molecule has 1 saturated heterocycles. The smallest absolute Gasteiger partial charge is 0.271 e. The van der Waals surface area contributed by atoms with Crippen LogP contribution in [0.2, 0.25) is 0 Å². The average molecular weight is 750 g/mol. The van der Waals surface area contributed by atoms with Crippen LogP contribution in [0.15, 0.2) is 35.8 Å². The fraction of sp³-hybridized carbons (Fsp3) is 0.541. The molecular weight excluding hydrogens is 699 g/mol. The third-order valence-corrected chi connectivity index (χ3v) is 10.7. The highest BCUT2D eigenvalue weighted by Gasteiger charge is 2.32. The fourth-order valence-corrected chi connectivity index (χ4v) is 7.69. The van der Waals surface area contributed by atoms with Crippen LogP contribution in [0.5, 0.6) is 0 Å². The van der Waals surface area contributed by atoms with Crippen molar-refractivity contribution in [3.8, 4) is 0 Å². The molecule has 1 aromatic carbocycles. The standard InChI is InChI=1S/C37H51N9O6S/c1-22(2)16-28-34-43-30(21-53-34)33(49)42-29(17-25-18-39-27-9-7-6-8-26(25)27)37(52)45(5)19-31(47)40-23(3)35(50)44(4)14-15-46(20-32(48)41-28)36(51)24-10-12-38-13-11-24/h6-9,18,21-24,28-29,38-39H,10-17,19-20H2,1-5H3,(H,40,47)(H,41,48)(H,42,49)/t23-,28-,29+/m0/s1. The number of nitrogens with one attached hydrogen (secondary N) is 5. The maximum Gasteiger partial charge on any atom is 0.271 e. The number of nitrogens with zero attached hydrogens (tertiary/aromatic N) is 4. The van der Waals surface area contributed by atoms with E-state index in [9.17, 15) is 28.8 Å². The molecule has 1 fully saturated rings. The first-order valence-electron chi connectivity index (χ1n) is 18.2. The molecule has 0 radical (unpaired) electrons. The number of carbonyl (C=O) groups excluding carboxylic acids is 6. The van der Waals surface area contributed by atoms with E-state index in [0.717, 1.165) is 16.5 Å². The van der Waals surface area contributed by atoms with Crippen molar-refractivity contribution in [3.05, 3.63) is 52.1 Å². The summed E-state index contributed by atoms with van der Waals surface area (Å²) in [7, 11) is 3.05. The number of piperidine rings is 1. The van der Waals surface area contributed by atoms with Crippen molar-refractivity contribution >= 4 is 57.7 Å². The molecule has 53 heavy (non-hydrogen) atoms. The van der Waals surface area contributed by atoms with E-state index in [1.807, 2.05) is 38.1 Å². The predicted molar refractivity (Wildman–Crippen MR) is 201 cm³/mol. The first-order valence-corrected chi connectivity index (χ1v) is 19.1. The highest BCUT2D eigenvalue weighted by molar-refractivity contribution is 7.09. The van der Waals surface area contributed by atoms with Crippen LogP contribution in [0.25, 0.3) is 10.9 Å². The number of fused-ring (bicyclic) bond motifs is 3. The van der Waals surface area contributed by atoms with Gasteiger partial charge < -0.3 is 41.0 Å².